The molecule has 3 rings (SSSR count). The van der Waals surface area contributed by atoms with Gasteiger partial charge in [0.15, 0.2) is 5.60 Å². The number of amides is 1. The van der Waals surface area contributed by atoms with Crippen LogP contribution in [0.4, 0.5) is 5.69 Å². The lowest BCUT2D eigenvalue weighted by atomic mass is 9.89. The van der Waals surface area contributed by atoms with E-state index in [-0.39, 0.29) is 5.91 Å². The summed E-state index contributed by atoms with van der Waals surface area (Å²) in [4.78, 5) is 11.8. The van der Waals surface area contributed by atoms with Crippen molar-refractivity contribution in [2.24, 2.45) is 5.92 Å². The SMILES string of the molecule is O=C1Nc2ccccc2C1(O)CCC1CC1. The first kappa shape index (κ1) is 9.85. The normalized spacial score (nSPS) is 27.7. The highest BCUT2D eigenvalue weighted by Gasteiger charge is 2.45. The first-order valence-electron chi connectivity index (χ1n) is 5.83. The van der Waals surface area contributed by atoms with Gasteiger partial charge in [0.1, 0.15) is 0 Å². The number of hydrogen-bond acceptors (Lipinski definition) is 2. The molecule has 1 aromatic rings. The maximum Gasteiger partial charge on any atom is 0.261 e. The van der Waals surface area contributed by atoms with E-state index in [1.54, 1.807) is 0 Å². The Morgan fingerprint density at radius 2 is 2.12 bits per heavy atom. The molecule has 3 nitrogen and oxygen atoms in total. The van der Waals surface area contributed by atoms with Gasteiger partial charge in [-0.15, -0.1) is 0 Å². The van der Waals surface area contributed by atoms with Crippen LogP contribution in [0.3, 0.4) is 0 Å². The van der Waals surface area contributed by atoms with Gasteiger partial charge in [0, 0.05) is 11.3 Å². The molecule has 1 saturated carbocycles. The molecule has 1 heterocycles. The summed E-state index contributed by atoms with van der Waals surface area (Å²) in [7, 11) is 0. The highest BCUT2D eigenvalue weighted by atomic mass is 16.3. The topological polar surface area (TPSA) is 49.3 Å². The molecule has 1 unspecified atom stereocenters. The van der Waals surface area contributed by atoms with E-state index in [0.29, 0.717) is 6.42 Å². The summed E-state index contributed by atoms with van der Waals surface area (Å²) in [6, 6.07) is 7.40. The van der Waals surface area contributed by atoms with Gasteiger partial charge in [-0.25, -0.2) is 0 Å². The Bertz CT molecular complexity index is 439. The Morgan fingerprint density at radius 3 is 2.88 bits per heavy atom. The zero-order valence-corrected chi connectivity index (χ0v) is 9.07. The predicted molar refractivity (Wildman–Crippen MR) is 60.9 cm³/mol. The van der Waals surface area contributed by atoms with Crippen LogP contribution in [0.15, 0.2) is 24.3 Å². The third-order valence-electron chi connectivity index (χ3n) is 3.61. The lowest BCUT2D eigenvalue weighted by Gasteiger charge is -2.20. The second-order valence-electron chi connectivity index (χ2n) is 4.84. The molecule has 16 heavy (non-hydrogen) atoms. The van der Waals surface area contributed by atoms with Crippen molar-refractivity contribution in [2.45, 2.75) is 31.3 Å². The second-order valence-corrected chi connectivity index (χ2v) is 4.84. The van der Waals surface area contributed by atoms with Gasteiger partial charge in [-0.2, -0.15) is 0 Å². The molecule has 1 amide bonds. The molecule has 84 valence electrons. The molecule has 0 bridgehead atoms. The van der Waals surface area contributed by atoms with E-state index in [4.69, 9.17) is 0 Å². The highest BCUT2D eigenvalue weighted by Crippen LogP contribution is 2.42. The average molecular weight is 217 g/mol. The predicted octanol–water partition coefficient (Wildman–Crippen LogP) is 2.02. The quantitative estimate of drug-likeness (QED) is 0.813. The molecule has 0 spiro atoms. The Morgan fingerprint density at radius 1 is 1.38 bits per heavy atom. The first-order valence-corrected chi connectivity index (χ1v) is 5.83. The van der Waals surface area contributed by atoms with Crippen molar-refractivity contribution in [1.82, 2.24) is 0 Å². The molecule has 1 aliphatic heterocycles. The molecule has 2 aliphatic rings. The fourth-order valence-electron chi connectivity index (χ4n) is 2.37. The minimum Gasteiger partial charge on any atom is -0.375 e. The van der Waals surface area contributed by atoms with Crippen LogP contribution in [0, 0.1) is 5.92 Å². The van der Waals surface area contributed by atoms with E-state index in [1.807, 2.05) is 24.3 Å². The van der Waals surface area contributed by atoms with Gasteiger partial charge < -0.3 is 10.4 Å². The summed E-state index contributed by atoms with van der Waals surface area (Å²) in [5.41, 5.74) is 0.200. The summed E-state index contributed by atoms with van der Waals surface area (Å²) in [6.45, 7) is 0. The van der Waals surface area contributed by atoms with Crippen molar-refractivity contribution in [1.29, 1.82) is 0 Å². The van der Waals surface area contributed by atoms with Crippen LogP contribution in [0.2, 0.25) is 0 Å². The van der Waals surface area contributed by atoms with Crippen LogP contribution in [0.1, 0.15) is 31.2 Å². The zero-order chi connectivity index (χ0) is 11.2. The Balaban J connectivity index is 1.89. The van der Waals surface area contributed by atoms with Crippen molar-refractivity contribution in [3.63, 3.8) is 0 Å². The number of anilines is 1. The van der Waals surface area contributed by atoms with Crippen LogP contribution < -0.4 is 5.32 Å². The van der Waals surface area contributed by atoms with Crippen LogP contribution >= 0.6 is 0 Å². The maximum atomic E-state index is 11.8. The van der Waals surface area contributed by atoms with E-state index < -0.39 is 5.60 Å². The summed E-state index contributed by atoms with van der Waals surface area (Å²) < 4.78 is 0. The average Bonchev–Trinajstić information content (AvgIpc) is 3.07. The van der Waals surface area contributed by atoms with Crippen molar-refractivity contribution in [3.05, 3.63) is 29.8 Å². The number of carbonyl (C=O) groups excluding carboxylic acids is 1. The molecule has 0 radical (unpaired) electrons. The number of hydrogen-bond donors (Lipinski definition) is 2. The molecular formula is C13H15NO2. The van der Waals surface area contributed by atoms with Gasteiger partial charge in [-0.3, -0.25) is 4.79 Å². The molecule has 1 fully saturated rings. The summed E-state index contributed by atoms with van der Waals surface area (Å²) in [5.74, 6) is 0.457. The maximum absolute atomic E-state index is 11.8. The number of para-hydroxylation sites is 1. The lowest BCUT2D eigenvalue weighted by molar-refractivity contribution is -0.134. The van der Waals surface area contributed by atoms with Gasteiger partial charge in [0.25, 0.3) is 5.91 Å². The standard InChI is InChI=1S/C13H15NO2/c15-12-13(16,8-7-9-5-6-9)10-3-1-2-4-11(10)14-12/h1-4,9,16H,5-8H2,(H,14,15). The van der Waals surface area contributed by atoms with Crippen molar-refractivity contribution < 1.29 is 9.90 Å². The molecule has 1 atom stereocenters. The molecule has 0 aromatic heterocycles. The van der Waals surface area contributed by atoms with Gasteiger partial charge >= 0.3 is 0 Å². The van der Waals surface area contributed by atoms with E-state index >= 15 is 0 Å². The van der Waals surface area contributed by atoms with Crippen LogP contribution in [0.5, 0.6) is 0 Å². The van der Waals surface area contributed by atoms with Crippen LogP contribution in [0.25, 0.3) is 0 Å². The number of benzene rings is 1. The molecular weight excluding hydrogens is 202 g/mol. The number of rotatable bonds is 3. The minimum absolute atomic E-state index is 0.269. The number of nitrogens with one attached hydrogen (secondary N) is 1. The lowest BCUT2D eigenvalue weighted by Crippen LogP contribution is -2.34. The van der Waals surface area contributed by atoms with Crippen molar-refractivity contribution in [2.75, 3.05) is 5.32 Å². The summed E-state index contributed by atoms with van der Waals surface area (Å²) in [5, 5.41) is 13.2. The van der Waals surface area contributed by atoms with E-state index in [9.17, 15) is 9.90 Å². The minimum atomic E-state index is -1.29. The monoisotopic (exact) mass is 217 g/mol. The fraction of sp³-hybridized carbons (Fsp3) is 0.462. The van der Waals surface area contributed by atoms with E-state index in [1.165, 1.54) is 12.8 Å². The van der Waals surface area contributed by atoms with Gasteiger partial charge in [0.05, 0.1) is 0 Å². The van der Waals surface area contributed by atoms with Gasteiger partial charge in [-0.1, -0.05) is 31.0 Å². The number of carbonyl (C=O) groups is 1. The Labute approximate surface area is 94.5 Å². The molecule has 1 aromatic carbocycles. The Hall–Kier alpha value is -1.35. The number of fused-ring (bicyclic) bond motifs is 1. The van der Waals surface area contributed by atoms with E-state index in [0.717, 1.165) is 23.6 Å². The zero-order valence-electron chi connectivity index (χ0n) is 9.07. The summed E-state index contributed by atoms with van der Waals surface area (Å²) in [6.07, 6.45) is 3.98. The largest absolute Gasteiger partial charge is 0.375 e. The van der Waals surface area contributed by atoms with Crippen LogP contribution in [-0.2, 0) is 10.4 Å². The molecule has 1 aliphatic carbocycles. The van der Waals surface area contributed by atoms with Crippen LogP contribution in [-0.4, -0.2) is 11.0 Å². The van der Waals surface area contributed by atoms with Gasteiger partial charge in [0.2, 0.25) is 0 Å². The van der Waals surface area contributed by atoms with Gasteiger partial charge in [-0.05, 0) is 24.8 Å². The third kappa shape index (κ3) is 1.43. The first-order chi connectivity index (χ1) is 7.70. The third-order valence-corrected chi connectivity index (χ3v) is 3.61. The second kappa shape index (κ2) is 3.32. The van der Waals surface area contributed by atoms with Crippen molar-refractivity contribution in [3.8, 4) is 0 Å². The molecule has 2 N–H and O–H groups in total. The highest BCUT2D eigenvalue weighted by molar-refractivity contribution is 6.04. The smallest absolute Gasteiger partial charge is 0.261 e. The summed E-state index contributed by atoms with van der Waals surface area (Å²) >= 11 is 0. The fourth-order valence-corrected chi connectivity index (χ4v) is 2.37. The molecule has 0 saturated heterocycles. The van der Waals surface area contributed by atoms with Crippen molar-refractivity contribution >= 4 is 11.6 Å². The number of aliphatic hydroxyl groups is 1. The van der Waals surface area contributed by atoms with E-state index in [2.05, 4.69) is 5.32 Å². The molecule has 3 heteroatoms. The Kier molecular flexibility index (Phi) is 2.04.